The number of ether oxygens (including phenoxy) is 1. The van der Waals surface area contributed by atoms with Gasteiger partial charge in [0, 0.05) is 15.2 Å². The third-order valence-electron chi connectivity index (χ3n) is 2.60. The van der Waals surface area contributed by atoms with Gasteiger partial charge in [0.15, 0.2) is 6.61 Å². The van der Waals surface area contributed by atoms with Gasteiger partial charge in [-0.25, -0.2) is 0 Å². The van der Waals surface area contributed by atoms with Crippen molar-refractivity contribution < 1.29 is 9.53 Å². The fourth-order valence-electron chi connectivity index (χ4n) is 1.68. The number of aryl methyl sites for hydroxylation is 1. The van der Waals surface area contributed by atoms with E-state index >= 15 is 0 Å². The number of amides is 1. The van der Waals surface area contributed by atoms with Crippen LogP contribution in [-0.4, -0.2) is 12.5 Å². The summed E-state index contributed by atoms with van der Waals surface area (Å²) in [4.78, 5) is 11.8. The van der Waals surface area contributed by atoms with E-state index in [4.69, 9.17) is 16.3 Å². The predicted molar refractivity (Wildman–Crippen MR) is 84.5 cm³/mol. The Kier molecular flexibility index (Phi) is 5.04. The summed E-state index contributed by atoms with van der Waals surface area (Å²) >= 11 is 9.23. The van der Waals surface area contributed by atoms with Gasteiger partial charge >= 0.3 is 0 Å². The normalized spacial score (nSPS) is 10.2. The molecule has 2 aromatic carbocycles. The molecule has 20 heavy (non-hydrogen) atoms. The van der Waals surface area contributed by atoms with E-state index in [0.717, 1.165) is 10.0 Å². The van der Waals surface area contributed by atoms with E-state index in [2.05, 4.69) is 21.2 Å². The van der Waals surface area contributed by atoms with Crippen molar-refractivity contribution in [3.05, 3.63) is 57.5 Å². The minimum Gasteiger partial charge on any atom is -0.483 e. The molecular formula is C15H13BrClNO2. The van der Waals surface area contributed by atoms with Gasteiger partial charge in [0.05, 0.1) is 0 Å². The molecule has 1 N–H and O–H groups in total. The van der Waals surface area contributed by atoms with Crippen LogP contribution in [0.5, 0.6) is 5.75 Å². The summed E-state index contributed by atoms with van der Waals surface area (Å²) in [5.74, 6) is 0.462. The first-order valence-electron chi connectivity index (χ1n) is 5.99. The maximum absolute atomic E-state index is 11.8. The van der Waals surface area contributed by atoms with Crippen molar-refractivity contribution in [1.82, 2.24) is 0 Å². The second kappa shape index (κ2) is 6.77. The van der Waals surface area contributed by atoms with Crippen molar-refractivity contribution in [2.24, 2.45) is 0 Å². The van der Waals surface area contributed by atoms with E-state index in [1.807, 2.05) is 25.1 Å². The fraction of sp³-hybridized carbons (Fsp3) is 0.133. The van der Waals surface area contributed by atoms with Crippen molar-refractivity contribution in [2.45, 2.75) is 6.92 Å². The Morgan fingerprint density at radius 3 is 2.80 bits per heavy atom. The van der Waals surface area contributed by atoms with Crippen LogP contribution in [0.4, 0.5) is 5.69 Å². The molecule has 0 saturated carbocycles. The number of nitrogens with one attached hydrogen (secondary N) is 1. The zero-order chi connectivity index (χ0) is 14.5. The molecule has 2 rings (SSSR count). The maximum Gasteiger partial charge on any atom is 0.262 e. The van der Waals surface area contributed by atoms with Gasteiger partial charge in [-0.2, -0.15) is 0 Å². The second-order valence-electron chi connectivity index (χ2n) is 4.26. The molecule has 0 aromatic heterocycles. The summed E-state index contributed by atoms with van der Waals surface area (Å²) in [5.41, 5.74) is 1.62. The molecule has 0 aliphatic heterocycles. The van der Waals surface area contributed by atoms with E-state index < -0.39 is 0 Å². The topological polar surface area (TPSA) is 38.3 Å². The van der Waals surface area contributed by atoms with Crippen LogP contribution in [0.25, 0.3) is 0 Å². The van der Waals surface area contributed by atoms with E-state index in [1.165, 1.54) is 0 Å². The number of hydrogen-bond donors (Lipinski definition) is 1. The zero-order valence-electron chi connectivity index (χ0n) is 10.8. The van der Waals surface area contributed by atoms with Crippen LogP contribution in [0.15, 0.2) is 46.9 Å². The summed E-state index contributed by atoms with van der Waals surface area (Å²) in [7, 11) is 0. The fourth-order valence-corrected chi connectivity index (χ4v) is 2.35. The highest BCUT2D eigenvalue weighted by Gasteiger charge is 2.06. The lowest BCUT2D eigenvalue weighted by atomic mass is 10.2. The second-order valence-corrected chi connectivity index (χ2v) is 5.61. The maximum atomic E-state index is 11.8. The molecule has 0 atom stereocenters. The molecule has 0 heterocycles. The molecule has 1 amide bonds. The highest BCUT2D eigenvalue weighted by molar-refractivity contribution is 9.10. The van der Waals surface area contributed by atoms with Crippen molar-refractivity contribution in [1.29, 1.82) is 0 Å². The number of benzene rings is 2. The van der Waals surface area contributed by atoms with Crippen molar-refractivity contribution >= 4 is 39.1 Å². The van der Waals surface area contributed by atoms with Crippen LogP contribution in [0.2, 0.25) is 5.02 Å². The van der Waals surface area contributed by atoms with E-state index in [-0.39, 0.29) is 12.5 Å². The average Bonchev–Trinajstić information content (AvgIpc) is 2.37. The van der Waals surface area contributed by atoms with Gasteiger partial charge in [-0.3, -0.25) is 4.79 Å². The van der Waals surface area contributed by atoms with Crippen LogP contribution >= 0.6 is 27.5 Å². The first-order valence-corrected chi connectivity index (χ1v) is 7.16. The lowest BCUT2D eigenvalue weighted by Crippen LogP contribution is -2.20. The Bertz CT molecular complexity index is 631. The van der Waals surface area contributed by atoms with Crippen LogP contribution in [-0.2, 0) is 4.79 Å². The summed E-state index contributed by atoms with van der Waals surface area (Å²) in [6, 6.07) is 12.6. The number of rotatable bonds is 4. The Labute approximate surface area is 131 Å². The molecule has 3 nitrogen and oxygen atoms in total. The summed E-state index contributed by atoms with van der Waals surface area (Å²) in [6.45, 7) is 1.88. The Morgan fingerprint density at radius 1 is 1.30 bits per heavy atom. The molecule has 0 aliphatic rings. The predicted octanol–water partition coefficient (Wildman–Crippen LogP) is 4.43. The molecular weight excluding hydrogens is 342 g/mol. The molecule has 2 aromatic rings. The third kappa shape index (κ3) is 4.25. The number of carbonyl (C=O) groups excluding carboxylic acids is 1. The zero-order valence-corrected chi connectivity index (χ0v) is 13.2. The number of carbonyl (C=O) groups is 1. The Morgan fingerprint density at radius 2 is 2.10 bits per heavy atom. The lowest BCUT2D eigenvalue weighted by molar-refractivity contribution is -0.118. The molecule has 5 heteroatoms. The van der Waals surface area contributed by atoms with E-state index in [1.54, 1.807) is 24.3 Å². The highest BCUT2D eigenvalue weighted by atomic mass is 79.9. The van der Waals surface area contributed by atoms with Gasteiger partial charge in [-0.1, -0.05) is 33.6 Å². The Hall–Kier alpha value is -1.52. The van der Waals surface area contributed by atoms with Crippen molar-refractivity contribution in [3.8, 4) is 5.75 Å². The van der Waals surface area contributed by atoms with Gasteiger partial charge in [0.2, 0.25) is 0 Å². The van der Waals surface area contributed by atoms with E-state index in [9.17, 15) is 4.79 Å². The average molecular weight is 355 g/mol. The Balaban J connectivity index is 1.92. The molecule has 0 fully saturated rings. The molecule has 0 spiro atoms. The summed E-state index contributed by atoms with van der Waals surface area (Å²) < 4.78 is 6.47. The van der Waals surface area contributed by atoms with E-state index in [0.29, 0.717) is 16.5 Å². The minimum atomic E-state index is -0.227. The van der Waals surface area contributed by atoms with Gasteiger partial charge < -0.3 is 10.1 Å². The molecule has 104 valence electrons. The summed E-state index contributed by atoms with van der Waals surface area (Å²) in [6.07, 6.45) is 0. The lowest BCUT2D eigenvalue weighted by Gasteiger charge is -2.10. The molecule has 0 radical (unpaired) electrons. The number of hydrogen-bond acceptors (Lipinski definition) is 2. The first kappa shape index (κ1) is 14.9. The third-order valence-corrected chi connectivity index (χ3v) is 3.33. The van der Waals surface area contributed by atoms with Crippen LogP contribution in [0.1, 0.15) is 5.56 Å². The molecule has 0 aliphatic carbocycles. The molecule has 0 bridgehead atoms. The van der Waals surface area contributed by atoms with Crippen LogP contribution < -0.4 is 10.1 Å². The minimum absolute atomic E-state index is 0.0466. The number of halogens is 2. The SMILES string of the molecule is Cc1cc(Br)ccc1OCC(=O)Nc1cccc(Cl)c1. The standard InChI is InChI=1S/C15H13BrClNO2/c1-10-7-11(16)5-6-14(10)20-9-15(19)18-13-4-2-3-12(17)8-13/h2-8H,9H2,1H3,(H,18,19). The van der Waals surface area contributed by atoms with Crippen molar-refractivity contribution in [3.63, 3.8) is 0 Å². The quantitative estimate of drug-likeness (QED) is 0.882. The monoisotopic (exact) mass is 353 g/mol. The van der Waals surface area contributed by atoms with Gasteiger partial charge in [-0.05, 0) is 48.9 Å². The van der Waals surface area contributed by atoms with Gasteiger partial charge in [0.1, 0.15) is 5.75 Å². The van der Waals surface area contributed by atoms with Crippen LogP contribution in [0, 0.1) is 6.92 Å². The van der Waals surface area contributed by atoms with Gasteiger partial charge in [-0.15, -0.1) is 0 Å². The van der Waals surface area contributed by atoms with Gasteiger partial charge in [0.25, 0.3) is 5.91 Å². The highest BCUT2D eigenvalue weighted by Crippen LogP contribution is 2.22. The summed E-state index contributed by atoms with van der Waals surface area (Å²) in [5, 5.41) is 3.30. The molecule has 0 unspecified atom stereocenters. The number of anilines is 1. The largest absolute Gasteiger partial charge is 0.483 e. The smallest absolute Gasteiger partial charge is 0.262 e. The van der Waals surface area contributed by atoms with Crippen LogP contribution in [0.3, 0.4) is 0 Å². The van der Waals surface area contributed by atoms with Crippen molar-refractivity contribution in [2.75, 3.05) is 11.9 Å². The molecule has 0 saturated heterocycles. The first-order chi connectivity index (χ1) is 9.54.